The molecular formula is C12H14FNO3. The molecule has 0 aromatic heterocycles. The summed E-state index contributed by atoms with van der Waals surface area (Å²) in [5.74, 6) is -2.06. The van der Waals surface area contributed by atoms with Crippen molar-refractivity contribution in [3.05, 3.63) is 35.1 Å². The minimum absolute atomic E-state index is 0.248. The number of likely N-dealkylation sites (N-methyl/N-ethyl adjacent to an activating group) is 1. The van der Waals surface area contributed by atoms with Gasteiger partial charge in [0, 0.05) is 14.0 Å². The van der Waals surface area contributed by atoms with Crippen molar-refractivity contribution in [2.24, 2.45) is 0 Å². The lowest BCUT2D eigenvalue weighted by Crippen LogP contribution is -2.34. The molecule has 0 saturated carbocycles. The zero-order valence-corrected chi connectivity index (χ0v) is 9.90. The Hall–Kier alpha value is -1.91. The van der Waals surface area contributed by atoms with Gasteiger partial charge in [-0.1, -0.05) is 12.1 Å². The van der Waals surface area contributed by atoms with Crippen LogP contribution in [0.25, 0.3) is 0 Å². The van der Waals surface area contributed by atoms with E-state index in [4.69, 9.17) is 5.11 Å². The van der Waals surface area contributed by atoms with Crippen molar-refractivity contribution in [3.8, 4) is 0 Å². The summed E-state index contributed by atoms with van der Waals surface area (Å²) in [5, 5.41) is 9.09. The SMILES string of the molecule is CC(=O)N(C)C(C(=O)O)c1ccc(C)c(F)c1. The summed E-state index contributed by atoms with van der Waals surface area (Å²) in [7, 11) is 1.37. The second kappa shape index (κ2) is 4.95. The Labute approximate surface area is 98.7 Å². The van der Waals surface area contributed by atoms with Crippen LogP contribution in [0.15, 0.2) is 18.2 Å². The third kappa shape index (κ3) is 2.81. The number of carboxylic acids is 1. The van der Waals surface area contributed by atoms with Gasteiger partial charge in [0.25, 0.3) is 0 Å². The second-order valence-electron chi connectivity index (χ2n) is 3.88. The standard InChI is InChI=1S/C12H14FNO3/c1-7-4-5-9(6-10(7)13)11(12(16)17)14(3)8(2)15/h4-6,11H,1-3H3,(H,16,17). The summed E-state index contributed by atoms with van der Waals surface area (Å²) < 4.78 is 13.4. The lowest BCUT2D eigenvalue weighted by Gasteiger charge is -2.24. The predicted molar refractivity (Wildman–Crippen MR) is 60.0 cm³/mol. The molecule has 0 heterocycles. The number of benzene rings is 1. The molecule has 0 fully saturated rings. The molecule has 1 N–H and O–H groups in total. The number of carboxylic acid groups (broad SMARTS) is 1. The molecule has 92 valence electrons. The van der Waals surface area contributed by atoms with E-state index in [1.807, 2.05) is 0 Å². The molecule has 0 aliphatic heterocycles. The van der Waals surface area contributed by atoms with Gasteiger partial charge < -0.3 is 10.0 Å². The smallest absolute Gasteiger partial charge is 0.331 e. The molecule has 1 rings (SSSR count). The Morgan fingerprint density at radius 3 is 2.41 bits per heavy atom. The zero-order chi connectivity index (χ0) is 13.2. The van der Waals surface area contributed by atoms with Gasteiger partial charge in [-0.25, -0.2) is 9.18 Å². The minimum atomic E-state index is -1.19. The first-order chi connectivity index (χ1) is 7.84. The monoisotopic (exact) mass is 239 g/mol. The van der Waals surface area contributed by atoms with Gasteiger partial charge in [0.15, 0.2) is 6.04 Å². The predicted octanol–water partition coefficient (Wildman–Crippen LogP) is 1.74. The lowest BCUT2D eigenvalue weighted by atomic mass is 10.0. The molecule has 1 atom stereocenters. The van der Waals surface area contributed by atoms with Gasteiger partial charge in [-0.3, -0.25) is 4.79 Å². The maximum Gasteiger partial charge on any atom is 0.331 e. The van der Waals surface area contributed by atoms with Crippen LogP contribution in [0.4, 0.5) is 4.39 Å². The van der Waals surface area contributed by atoms with E-state index in [1.165, 1.54) is 26.1 Å². The molecule has 1 unspecified atom stereocenters. The van der Waals surface area contributed by atoms with Crippen molar-refractivity contribution >= 4 is 11.9 Å². The molecule has 17 heavy (non-hydrogen) atoms. The average molecular weight is 239 g/mol. The maximum atomic E-state index is 13.4. The first kappa shape index (κ1) is 13.2. The van der Waals surface area contributed by atoms with Gasteiger partial charge >= 0.3 is 5.97 Å². The summed E-state index contributed by atoms with van der Waals surface area (Å²) in [6.45, 7) is 2.85. The third-order valence-electron chi connectivity index (χ3n) is 2.63. The first-order valence-electron chi connectivity index (χ1n) is 5.07. The topological polar surface area (TPSA) is 57.6 Å². The van der Waals surface area contributed by atoms with E-state index < -0.39 is 23.7 Å². The van der Waals surface area contributed by atoms with Gasteiger partial charge in [0.2, 0.25) is 5.91 Å². The molecule has 4 nitrogen and oxygen atoms in total. The highest BCUT2D eigenvalue weighted by Gasteiger charge is 2.26. The molecule has 0 bridgehead atoms. The molecule has 0 aliphatic carbocycles. The quantitative estimate of drug-likeness (QED) is 0.874. The van der Waals surface area contributed by atoms with E-state index >= 15 is 0 Å². The Balaban J connectivity index is 3.19. The summed E-state index contributed by atoms with van der Waals surface area (Å²) >= 11 is 0. The van der Waals surface area contributed by atoms with Crippen molar-refractivity contribution in [1.82, 2.24) is 4.90 Å². The molecule has 1 aromatic carbocycles. The Bertz CT molecular complexity index is 459. The van der Waals surface area contributed by atoms with E-state index in [2.05, 4.69) is 0 Å². The zero-order valence-electron chi connectivity index (χ0n) is 9.90. The van der Waals surface area contributed by atoms with Crippen LogP contribution in [0.1, 0.15) is 24.1 Å². The van der Waals surface area contributed by atoms with Crippen LogP contribution >= 0.6 is 0 Å². The number of carbonyl (C=O) groups is 2. The number of halogens is 1. The van der Waals surface area contributed by atoms with Crippen molar-refractivity contribution in [3.63, 3.8) is 0 Å². The number of nitrogens with zero attached hydrogens (tertiary/aromatic N) is 1. The van der Waals surface area contributed by atoms with Gasteiger partial charge in [0.1, 0.15) is 5.82 Å². The van der Waals surface area contributed by atoms with Crippen LogP contribution in [-0.4, -0.2) is 28.9 Å². The van der Waals surface area contributed by atoms with E-state index in [1.54, 1.807) is 6.92 Å². The van der Waals surface area contributed by atoms with E-state index in [9.17, 15) is 14.0 Å². The lowest BCUT2D eigenvalue weighted by molar-refractivity contribution is -0.148. The highest BCUT2D eigenvalue weighted by atomic mass is 19.1. The van der Waals surface area contributed by atoms with Gasteiger partial charge in [-0.15, -0.1) is 0 Å². The van der Waals surface area contributed by atoms with Crippen LogP contribution in [0.5, 0.6) is 0 Å². The first-order valence-corrected chi connectivity index (χ1v) is 5.07. The number of amides is 1. The fourth-order valence-electron chi connectivity index (χ4n) is 1.49. The summed E-state index contributed by atoms with van der Waals surface area (Å²) in [6.07, 6.45) is 0. The van der Waals surface area contributed by atoms with Crippen molar-refractivity contribution in [2.75, 3.05) is 7.05 Å². The second-order valence-corrected chi connectivity index (χ2v) is 3.88. The fourth-order valence-corrected chi connectivity index (χ4v) is 1.49. The number of rotatable bonds is 3. The Morgan fingerprint density at radius 1 is 1.41 bits per heavy atom. The largest absolute Gasteiger partial charge is 0.479 e. The van der Waals surface area contributed by atoms with Crippen LogP contribution in [0.2, 0.25) is 0 Å². The molecule has 1 aromatic rings. The number of hydrogen-bond acceptors (Lipinski definition) is 2. The fraction of sp³-hybridized carbons (Fsp3) is 0.333. The Morgan fingerprint density at radius 2 is 2.00 bits per heavy atom. The molecule has 1 amide bonds. The molecule has 0 radical (unpaired) electrons. The molecule has 0 aliphatic rings. The number of aryl methyl sites for hydroxylation is 1. The average Bonchev–Trinajstić information content (AvgIpc) is 2.22. The molecule has 5 heteroatoms. The summed E-state index contributed by atoms with van der Waals surface area (Å²) in [6, 6.07) is 2.99. The normalized spacial score (nSPS) is 12.0. The minimum Gasteiger partial charge on any atom is -0.479 e. The van der Waals surface area contributed by atoms with Crippen LogP contribution in [0, 0.1) is 12.7 Å². The van der Waals surface area contributed by atoms with Gasteiger partial charge in [0.05, 0.1) is 0 Å². The third-order valence-corrected chi connectivity index (χ3v) is 2.63. The summed E-state index contributed by atoms with van der Waals surface area (Å²) in [4.78, 5) is 23.4. The molecule has 0 saturated heterocycles. The van der Waals surface area contributed by atoms with Crippen LogP contribution in [0.3, 0.4) is 0 Å². The van der Waals surface area contributed by atoms with Crippen molar-refractivity contribution in [1.29, 1.82) is 0 Å². The van der Waals surface area contributed by atoms with Crippen molar-refractivity contribution in [2.45, 2.75) is 19.9 Å². The number of aliphatic carboxylic acids is 1. The number of hydrogen-bond donors (Lipinski definition) is 1. The highest BCUT2D eigenvalue weighted by molar-refractivity contribution is 5.83. The molecular weight excluding hydrogens is 225 g/mol. The summed E-state index contributed by atoms with van der Waals surface area (Å²) in [5.41, 5.74) is 0.682. The van der Waals surface area contributed by atoms with E-state index in [0.29, 0.717) is 5.56 Å². The van der Waals surface area contributed by atoms with Crippen LogP contribution in [-0.2, 0) is 9.59 Å². The van der Waals surface area contributed by atoms with Crippen LogP contribution < -0.4 is 0 Å². The molecule has 0 spiro atoms. The maximum absolute atomic E-state index is 13.4. The van der Waals surface area contributed by atoms with E-state index in [-0.39, 0.29) is 5.56 Å². The number of carbonyl (C=O) groups excluding carboxylic acids is 1. The highest BCUT2D eigenvalue weighted by Crippen LogP contribution is 2.22. The van der Waals surface area contributed by atoms with Gasteiger partial charge in [-0.05, 0) is 24.1 Å². The Kier molecular flexibility index (Phi) is 3.83. The van der Waals surface area contributed by atoms with Gasteiger partial charge in [-0.2, -0.15) is 0 Å². The van der Waals surface area contributed by atoms with E-state index in [0.717, 1.165) is 11.0 Å². The van der Waals surface area contributed by atoms with Crippen molar-refractivity contribution < 1.29 is 19.1 Å².